The molecule has 1 fully saturated rings. The van der Waals surface area contributed by atoms with Gasteiger partial charge in [-0.2, -0.15) is 0 Å². The van der Waals surface area contributed by atoms with E-state index in [-0.39, 0.29) is 30.0 Å². The lowest BCUT2D eigenvalue weighted by atomic mass is 10.1. The highest BCUT2D eigenvalue weighted by molar-refractivity contribution is 14.0. The van der Waals surface area contributed by atoms with Crippen molar-refractivity contribution in [1.82, 2.24) is 15.5 Å². The smallest absolute Gasteiger partial charge is 0.191 e. The number of nitrogens with zero attached hydrogens (tertiary/aromatic N) is 2. The van der Waals surface area contributed by atoms with Crippen molar-refractivity contribution in [2.24, 2.45) is 4.99 Å². The highest BCUT2D eigenvalue weighted by Gasteiger charge is 2.25. The second-order valence-electron chi connectivity index (χ2n) is 6.73. The summed E-state index contributed by atoms with van der Waals surface area (Å²) in [4.78, 5) is 6.76. The molecule has 3 rings (SSSR count). The summed E-state index contributed by atoms with van der Waals surface area (Å²) in [6.07, 6.45) is 0.964. The number of rotatable bonds is 7. The van der Waals surface area contributed by atoms with Gasteiger partial charge in [0, 0.05) is 33.2 Å². The van der Waals surface area contributed by atoms with Crippen molar-refractivity contribution in [3.05, 3.63) is 59.5 Å². The van der Waals surface area contributed by atoms with Gasteiger partial charge in [-0.15, -0.1) is 24.0 Å². The Bertz CT molecular complexity index is 714. The summed E-state index contributed by atoms with van der Waals surface area (Å²) < 4.78 is 11.4. The van der Waals surface area contributed by atoms with E-state index in [1.165, 1.54) is 5.56 Å². The molecule has 7 heteroatoms. The average Bonchev–Trinajstić information content (AvgIpc) is 3.14. The molecule has 1 unspecified atom stereocenters. The number of hydrogen-bond acceptors (Lipinski definition) is 4. The fraction of sp³-hybridized carbons (Fsp3) is 0.476. The third kappa shape index (κ3) is 6.79. The van der Waals surface area contributed by atoms with E-state index < -0.39 is 0 Å². The predicted octanol–water partition coefficient (Wildman–Crippen LogP) is 2.99. The van der Waals surface area contributed by atoms with Crippen LogP contribution in [0.4, 0.5) is 0 Å². The number of guanidine groups is 1. The third-order valence-electron chi connectivity index (χ3n) is 4.81. The Kier molecular flexibility index (Phi) is 9.80. The lowest BCUT2D eigenvalue weighted by molar-refractivity contribution is 0.0124. The number of benzene rings is 1. The highest BCUT2D eigenvalue weighted by Crippen LogP contribution is 2.23. The van der Waals surface area contributed by atoms with Crippen LogP contribution in [0, 0.1) is 6.92 Å². The molecule has 1 aliphatic rings. The van der Waals surface area contributed by atoms with Crippen LogP contribution in [-0.4, -0.2) is 57.3 Å². The molecule has 1 aromatic carbocycles. The van der Waals surface area contributed by atoms with Crippen molar-refractivity contribution in [3.8, 4) is 0 Å². The number of hydrogen-bond donors (Lipinski definition) is 2. The van der Waals surface area contributed by atoms with Crippen LogP contribution in [0.5, 0.6) is 0 Å². The lowest BCUT2D eigenvalue weighted by Crippen LogP contribution is -2.46. The summed E-state index contributed by atoms with van der Waals surface area (Å²) in [6, 6.07) is 14.7. The summed E-state index contributed by atoms with van der Waals surface area (Å²) in [5.74, 6) is 2.74. The number of ether oxygens (including phenoxy) is 1. The normalized spacial score (nSPS) is 16.3. The monoisotopic (exact) mass is 498 g/mol. The SMILES string of the molecule is CN=C(NCCc1ccccc1)NCC(c1ccc(C)o1)N1CCOCC1.I. The number of nitrogens with one attached hydrogen (secondary N) is 2. The number of furan rings is 1. The fourth-order valence-electron chi connectivity index (χ4n) is 3.32. The highest BCUT2D eigenvalue weighted by atomic mass is 127. The molecule has 0 amide bonds. The van der Waals surface area contributed by atoms with Gasteiger partial charge in [-0.1, -0.05) is 30.3 Å². The predicted molar refractivity (Wildman–Crippen MR) is 124 cm³/mol. The Labute approximate surface area is 184 Å². The van der Waals surface area contributed by atoms with Gasteiger partial charge in [0.25, 0.3) is 0 Å². The molecule has 6 nitrogen and oxygen atoms in total. The summed E-state index contributed by atoms with van der Waals surface area (Å²) in [7, 11) is 1.80. The molecular formula is C21H31IN4O2. The molecule has 28 heavy (non-hydrogen) atoms. The van der Waals surface area contributed by atoms with E-state index in [9.17, 15) is 0 Å². The van der Waals surface area contributed by atoms with Gasteiger partial charge in [-0.05, 0) is 31.0 Å². The van der Waals surface area contributed by atoms with E-state index in [2.05, 4.69) is 50.9 Å². The van der Waals surface area contributed by atoms with E-state index in [1.807, 2.05) is 19.1 Å². The zero-order valence-corrected chi connectivity index (χ0v) is 19.0. The Hall–Kier alpha value is -1.58. The van der Waals surface area contributed by atoms with Gasteiger partial charge < -0.3 is 19.8 Å². The van der Waals surface area contributed by atoms with Crippen LogP contribution in [0.25, 0.3) is 0 Å². The van der Waals surface area contributed by atoms with Crippen molar-refractivity contribution in [2.45, 2.75) is 19.4 Å². The van der Waals surface area contributed by atoms with Gasteiger partial charge in [0.1, 0.15) is 11.5 Å². The van der Waals surface area contributed by atoms with E-state index in [0.29, 0.717) is 0 Å². The maximum atomic E-state index is 5.92. The number of aliphatic imine (C=N–C) groups is 1. The maximum absolute atomic E-state index is 5.92. The van der Waals surface area contributed by atoms with Gasteiger partial charge in [0.2, 0.25) is 0 Å². The molecule has 1 aromatic heterocycles. The second kappa shape index (κ2) is 12.1. The number of halogens is 1. The topological polar surface area (TPSA) is 62.0 Å². The summed E-state index contributed by atoms with van der Waals surface area (Å²) in [6.45, 7) is 6.90. The van der Waals surface area contributed by atoms with Crippen LogP contribution in [0.2, 0.25) is 0 Å². The van der Waals surface area contributed by atoms with Crippen molar-refractivity contribution in [3.63, 3.8) is 0 Å². The quantitative estimate of drug-likeness (QED) is 0.349. The molecule has 2 heterocycles. The molecule has 2 aromatic rings. The van der Waals surface area contributed by atoms with E-state index in [0.717, 1.165) is 63.3 Å². The number of morpholine rings is 1. The molecule has 1 saturated heterocycles. The molecule has 1 atom stereocenters. The van der Waals surface area contributed by atoms with Crippen molar-refractivity contribution < 1.29 is 9.15 Å². The van der Waals surface area contributed by atoms with Crippen molar-refractivity contribution in [2.75, 3.05) is 46.4 Å². The van der Waals surface area contributed by atoms with Crippen LogP contribution < -0.4 is 10.6 Å². The molecular weight excluding hydrogens is 467 g/mol. The Morgan fingerprint density at radius 1 is 1.11 bits per heavy atom. The van der Waals surface area contributed by atoms with Gasteiger partial charge in [-0.25, -0.2) is 0 Å². The first-order valence-corrected chi connectivity index (χ1v) is 9.63. The van der Waals surface area contributed by atoms with Gasteiger partial charge in [-0.3, -0.25) is 9.89 Å². The minimum atomic E-state index is 0. The van der Waals surface area contributed by atoms with Crippen molar-refractivity contribution >= 4 is 29.9 Å². The van der Waals surface area contributed by atoms with Crippen LogP contribution in [0.1, 0.15) is 23.1 Å². The van der Waals surface area contributed by atoms with Crippen LogP contribution in [0.3, 0.4) is 0 Å². The molecule has 0 saturated carbocycles. The van der Waals surface area contributed by atoms with Crippen LogP contribution >= 0.6 is 24.0 Å². The zero-order chi connectivity index (χ0) is 18.9. The fourth-order valence-corrected chi connectivity index (χ4v) is 3.32. The van der Waals surface area contributed by atoms with Gasteiger partial charge in [0.15, 0.2) is 5.96 Å². The maximum Gasteiger partial charge on any atom is 0.191 e. The van der Waals surface area contributed by atoms with Crippen molar-refractivity contribution in [1.29, 1.82) is 0 Å². The van der Waals surface area contributed by atoms with E-state index >= 15 is 0 Å². The first-order valence-electron chi connectivity index (χ1n) is 9.63. The Balaban J connectivity index is 0.00000280. The molecule has 0 aliphatic carbocycles. The minimum absolute atomic E-state index is 0. The molecule has 154 valence electrons. The largest absolute Gasteiger partial charge is 0.465 e. The Morgan fingerprint density at radius 2 is 1.86 bits per heavy atom. The first-order chi connectivity index (χ1) is 13.3. The average molecular weight is 498 g/mol. The first kappa shape index (κ1) is 22.7. The van der Waals surface area contributed by atoms with Gasteiger partial charge in [0.05, 0.1) is 19.3 Å². The van der Waals surface area contributed by atoms with E-state index in [1.54, 1.807) is 7.05 Å². The molecule has 1 aliphatic heterocycles. The lowest BCUT2D eigenvalue weighted by Gasteiger charge is -2.33. The minimum Gasteiger partial charge on any atom is -0.465 e. The summed E-state index contributed by atoms with van der Waals surface area (Å²) in [5.41, 5.74) is 1.32. The van der Waals surface area contributed by atoms with Crippen LogP contribution in [0.15, 0.2) is 51.9 Å². The van der Waals surface area contributed by atoms with E-state index in [4.69, 9.17) is 9.15 Å². The van der Waals surface area contributed by atoms with Crippen LogP contribution in [-0.2, 0) is 11.2 Å². The molecule has 0 radical (unpaired) electrons. The summed E-state index contributed by atoms with van der Waals surface area (Å²) in [5, 5.41) is 6.86. The zero-order valence-electron chi connectivity index (χ0n) is 16.7. The molecule has 0 spiro atoms. The molecule has 0 bridgehead atoms. The number of aryl methyl sites for hydroxylation is 1. The second-order valence-corrected chi connectivity index (χ2v) is 6.73. The summed E-state index contributed by atoms with van der Waals surface area (Å²) >= 11 is 0. The Morgan fingerprint density at radius 3 is 2.50 bits per heavy atom. The standard InChI is InChI=1S/C21H30N4O2.HI/c1-17-8-9-20(27-17)19(25-12-14-26-15-13-25)16-24-21(22-2)23-11-10-18-6-4-3-5-7-18;/h3-9,19H,10-16H2,1-2H3,(H2,22,23,24);1H. The third-order valence-corrected chi connectivity index (χ3v) is 4.81. The van der Waals surface area contributed by atoms with Gasteiger partial charge >= 0.3 is 0 Å². The molecule has 2 N–H and O–H groups in total.